The summed E-state index contributed by atoms with van der Waals surface area (Å²) in [7, 11) is 4.02. The lowest BCUT2D eigenvalue weighted by molar-refractivity contribution is 0.0931. The minimum Gasteiger partial charge on any atom is -0.344 e. The second-order valence-electron chi connectivity index (χ2n) is 7.64. The molecule has 0 aliphatic rings. The third kappa shape index (κ3) is 4.39. The Bertz CT molecular complexity index is 1140. The summed E-state index contributed by atoms with van der Waals surface area (Å²) in [6.45, 7) is 0.713. The molecule has 0 aliphatic heterocycles. The van der Waals surface area contributed by atoms with Crippen molar-refractivity contribution >= 4 is 16.8 Å². The standard InChI is InChI=1S/C26H25N3O/c1-29(2)18-25(20-13-7-4-8-14-20)28-26(30)22-17-24(19-11-5-3-6-12-19)27-23-16-10-9-15-21(22)23/h3-17,25H,18H2,1-2H3,(H,28,30)/t25-/m1/s1. The largest absolute Gasteiger partial charge is 0.344 e. The van der Waals surface area contributed by atoms with Crippen LogP contribution in [0.4, 0.5) is 0 Å². The molecule has 0 spiro atoms. The maximum absolute atomic E-state index is 13.5. The third-order valence-electron chi connectivity index (χ3n) is 5.09. The van der Waals surface area contributed by atoms with E-state index < -0.39 is 0 Å². The van der Waals surface area contributed by atoms with E-state index in [0.29, 0.717) is 12.1 Å². The van der Waals surface area contributed by atoms with Gasteiger partial charge in [-0.25, -0.2) is 4.98 Å². The molecule has 4 heteroatoms. The van der Waals surface area contributed by atoms with Crippen molar-refractivity contribution in [2.75, 3.05) is 20.6 Å². The smallest absolute Gasteiger partial charge is 0.252 e. The molecule has 0 saturated heterocycles. The predicted octanol–water partition coefficient (Wildman–Crippen LogP) is 4.93. The topological polar surface area (TPSA) is 45.2 Å². The zero-order valence-electron chi connectivity index (χ0n) is 17.2. The number of likely N-dealkylation sites (N-methyl/N-ethyl adjacent to an activating group) is 1. The molecule has 0 aliphatic carbocycles. The minimum atomic E-state index is -0.110. The fourth-order valence-corrected chi connectivity index (χ4v) is 3.64. The van der Waals surface area contributed by atoms with E-state index in [1.165, 1.54) is 0 Å². The van der Waals surface area contributed by atoms with E-state index in [0.717, 1.165) is 27.7 Å². The summed E-state index contributed by atoms with van der Waals surface area (Å²) in [5.74, 6) is -0.0958. The molecule has 1 atom stereocenters. The molecule has 1 N–H and O–H groups in total. The molecule has 1 amide bonds. The fraction of sp³-hybridized carbons (Fsp3) is 0.154. The molecule has 3 aromatic carbocycles. The summed E-state index contributed by atoms with van der Waals surface area (Å²) in [4.78, 5) is 20.3. The monoisotopic (exact) mass is 395 g/mol. The summed E-state index contributed by atoms with van der Waals surface area (Å²) < 4.78 is 0. The molecule has 4 nitrogen and oxygen atoms in total. The SMILES string of the molecule is CN(C)C[C@@H](NC(=O)c1cc(-c2ccccc2)nc2ccccc12)c1ccccc1. The maximum Gasteiger partial charge on any atom is 0.252 e. The number of hydrogen-bond acceptors (Lipinski definition) is 3. The highest BCUT2D eigenvalue weighted by Crippen LogP contribution is 2.25. The van der Waals surface area contributed by atoms with Gasteiger partial charge in [0.1, 0.15) is 0 Å². The number of hydrogen-bond donors (Lipinski definition) is 1. The van der Waals surface area contributed by atoms with Crippen molar-refractivity contribution < 1.29 is 4.79 Å². The average molecular weight is 396 g/mol. The summed E-state index contributed by atoms with van der Waals surface area (Å²) in [6, 6.07) is 29.6. The van der Waals surface area contributed by atoms with Crippen LogP contribution in [0.3, 0.4) is 0 Å². The highest BCUT2D eigenvalue weighted by Gasteiger charge is 2.19. The normalized spacial score (nSPS) is 12.1. The van der Waals surface area contributed by atoms with E-state index in [1.807, 2.05) is 93.0 Å². The number of benzene rings is 3. The van der Waals surface area contributed by atoms with E-state index >= 15 is 0 Å². The van der Waals surface area contributed by atoms with Crippen molar-refractivity contribution in [3.63, 3.8) is 0 Å². The van der Waals surface area contributed by atoms with Crippen LogP contribution in [0.2, 0.25) is 0 Å². The zero-order valence-corrected chi connectivity index (χ0v) is 17.2. The van der Waals surface area contributed by atoms with Crippen LogP contribution in [0.1, 0.15) is 22.0 Å². The van der Waals surface area contributed by atoms with Gasteiger partial charge < -0.3 is 10.2 Å². The Morgan fingerprint density at radius 3 is 2.23 bits per heavy atom. The predicted molar refractivity (Wildman–Crippen MR) is 122 cm³/mol. The Morgan fingerprint density at radius 1 is 0.900 bits per heavy atom. The first kappa shape index (κ1) is 19.8. The Kier molecular flexibility index (Phi) is 5.87. The lowest BCUT2D eigenvalue weighted by Gasteiger charge is -2.23. The van der Waals surface area contributed by atoms with Gasteiger partial charge in [-0.05, 0) is 31.8 Å². The summed E-state index contributed by atoms with van der Waals surface area (Å²) in [5, 5.41) is 4.10. The van der Waals surface area contributed by atoms with Gasteiger partial charge in [0, 0.05) is 17.5 Å². The Morgan fingerprint density at radius 2 is 1.53 bits per heavy atom. The van der Waals surface area contributed by atoms with Crippen LogP contribution in [0.25, 0.3) is 22.2 Å². The lowest BCUT2D eigenvalue weighted by atomic mass is 10.0. The number of carbonyl (C=O) groups is 1. The van der Waals surface area contributed by atoms with Gasteiger partial charge in [-0.2, -0.15) is 0 Å². The van der Waals surface area contributed by atoms with Crippen molar-refractivity contribution in [1.29, 1.82) is 0 Å². The van der Waals surface area contributed by atoms with Crippen LogP contribution in [0.15, 0.2) is 91.0 Å². The van der Waals surface area contributed by atoms with Gasteiger partial charge in [0.15, 0.2) is 0 Å². The molecule has 1 heterocycles. The first-order valence-corrected chi connectivity index (χ1v) is 10.1. The van der Waals surface area contributed by atoms with Crippen molar-refractivity contribution in [3.8, 4) is 11.3 Å². The number of nitrogens with zero attached hydrogens (tertiary/aromatic N) is 2. The van der Waals surface area contributed by atoms with Crippen LogP contribution in [-0.2, 0) is 0 Å². The van der Waals surface area contributed by atoms with Crippen molar-refractivity contribution in [1.82, 2.24) is 15.2 Å². The Labute approximate surface area is 177 Å². The number of fused-ring (bicyclic) bond motifs is 1. The van der Waals surface area contributed by atoms with E-state index in [-0.39, 0.29) is 11.9 Å². The van der Waals surface area contributed by atoms with E-state index in [1.54, 1.807) is 0 Å². The average Bonchev–Trinajstić information content (AvgIpc) is 2.78. The molecule has 0 fully saturated rings. The van der Waals surface area contributed by atoms with E-state index in [2.05, 4.69) is 22.3 Å². The van der Waals surface area contributed by atoms with Gasteiger partial charge in [0.25, 0.3) is 5.91 Å². The minimum absolute atomic E-state index is 0.0958. The van der Waals surface area contributed by atoms with Crippen LogP contribution < -0.4 is 5.32 Å². The number of aromatic nitrogens is 1. The second kappa shape index (κ2) is 8.89. The molecule has 4 aromatic rings. The Hall–Kier alpha value is -3.50. The molecular weight excluding hydrogens is 370 g/mol. The highest BCUT2D eigenvalue weighted by molar-refractivity contribution is 6.07. The van der Waals surface area contributed by atoms with Gasteiger partial charge in [0.05, 0.1) is 22.8 Å². The van der Waals surface area contributed by atoms with Gasteiger partial charge in [-0.15, -0.1) is 0 Å². The van der Waals surface area contributed by atoms with Crippen molar-refractivity contribution in [2.45, 2.75) is 6.04 Å². The zero-order chi connectivity index (χ0) is 20.9. The molecule has 30 heavy (non-hydrogen) atoms. The van der Waals surface area contributed by atoms with Crippen molar-refractivity contribution in [2.24, 2.45) is 0 Å². The molecule has 4 rings (SSSR count). The summed E-state index contributed by atoms with van der Waals surface area (Å²) >= 11 is 0. The first-order valence-electron chi connectivity index (χ1n) is 10.1. The number of carbonyl (C=O) groups excluding carboxylic acids is 1. The lowest BCUT2D eigenvalue weighted by Crippen LogP contribution is -2.35. The number of nitrogens with one attached hydrogen (secondary N) is 1. The summed E-state index contributed by atoms with van der Waals surface area (Å²) in [6.07, 6.45) is 0. The molecule has 0 bridgehead atoms. The molecule has 0 unspecified atom stereocenters. The maximum atomic E-state index is 13.5. The third-order valence-corrected chi connectivity index (χ3v) is 5.09. The Balaban J connectivity index is 1.74. The summed E-state index contributed by atoms with van der Waals surface area (Å²) in [5.41, 5.74) is 4.32. The quantitative estimate of drug-likeness (QED) is 0.503. The van der Waals surface area contributed by atoms with E-state index in [4.69, 9.17) is 4.98 Å². The van der Waals surface area contributed by atoms with Gasteiger partial charge in [0.2, 0.25) is 0 Å². The van der Waals surface area contributed by atoms with Crippen LogP contribution >= 0.6 is 0 Å². The number of para-hydroxylation sites is 1. The van der Waals surface area contributed by atoms with Gasteiger partial charge in [-0.1, -0.05) is 78.9 Å². The van der Waals surface area contributed by atoms with Crippen LogP contribution in [0, 0.1) is 0 Å². The first-order chi connectivity index (χ1) is 14.6. The fourth-order valence-electron chi connectivity index (χ4n) is 3.64. The number of amides is 1. The second-order valence-corrected chi connectivity index (χ2v) is 7.64. The molecule has 150 valence electrons. The highest BCUT2D eigenvalue weighted by atomic mass is 16.1. The van der Waals surface area contributed by atoms with Crippen LogP contribution in [0.5, 0.6) is 0 Å². The number of rotatable bonds is 6. The molecular formula is C26H25N3O. The molecule has 0 saturated carbocycles. The van der Waals surface area contributed by atoms with Crippen LogP contribution in [-0.4, -0.2) is 36.4 Å². The number of pyridine rings is 1. The van der Waals surface area contributed by atoms with Gasteiger partial charge >= 0.3 is 0 Å². The van der Waals surface area contributed by atoms with Gasteiger partial charge in [-0.3, -0.25) is 4.79 Å². The molecule has 1 aromatic heterocycles. The van der Waals surface area contributed by atoms with Crippen molar-refractivity contribution in [3.05, 3.63) is 102 Å². The molecule has 0 radical (unpaired) electrons. The van der Waals surface area contributed by atoms with E-state index in [9.17, 15) is 4.79 Å².